The molecule has 2 fully saturated rings. The zero-order chi connectivity index (χ0) is 23.3. The molecule has 0 unspecified atom stereocenters. The fourth-order valence-electron chi connectivity index (χ4n) is 5.64. The minimum absolute atomic E-state index is 0.0187. The number of fused-ring (bicyclic) bond motifs is 6. The van der Waals surface area contributed by atoms with Crippen molar-refractivity contribution in [1.29, 1.82) is 0 Å². The molecule has 0 spiro atoms. The van der Waals surface area contributed by atoms with E-state index in [4.69, 9.17) is 17.0 Å². The first-order valence-corrected chi connectivity index (χ1v) is 12.6. The summed E-state index contributed by atoms with van der Waals surface area (Å²) in [6.07, 6.45) is 8.64. The van der Waals surface area contributed by atoms with Gasteiger partial charge >= 0.3 is 5.97 Å². The molecule has 10 heteroatoms. The predicted molar refractivity (Wildman–Crippen MR) is 126 cm³/mol. The van der Waals surface area contributed by atoms with Crippen molar-refractivity contribution in [3.63, 3.8) is 0 Å². The van der Waals surface area contributed by atoms with Gasteiger partial charge in [-0.05, 0) is 68.6 Å². The number of esters is 1. The SMILES string of the molecule is CCOC(=O)c1c(NC(=S)NC(=O)CN2C(=O)[C@@H]3[C@H](C2=O)[C@@H]2C=C[C@H]3C2)sc2c1CCCC2. The molecular formula is C23H25N3O5S2. The van der Waals surface area contributed by atoms with Gasteiger partial charge in [0, 0.05) is 4.88 Å². The van der Waals surface area contributed by atoms with Crippen molar-refractivity contribution in [3.05, 3.63) is 28.2 Å². The summed E-state index contributed by atoms with van der Waals surface area (Å²) in [7, 11) is 0. The lowest BCUT2D eigenvalue weighted by molar-refractivity contribution is -0.144. The summed E-state index contributed by atoms with van der Waals surface area (Å²) >= 11 is 6.75. The normalized spacial score (nSPS) is 26.9. The van der Waals surface area contributed by atoms with Crippen molar-refractivity contribution >= 4 is 57.4 Å². The Hall–Kier alpha value is -2.59. The zero-order valence-corrected chi connectivity index (χ0v) is 19.9. The monoisotopic (exact) mass is 487 g/mol. The van der Waals surface area contributed by atoms with Gasteiger partial charge in [-0.15, -0.1) is 11.3 Å². The fourth-order valence-corrected chi connectivity index (χ4v) is 7.20. The van der Waals surface area contributed by atoms with E-state index in [1.54, 1.807) is 6.92 Å². The summed E-state index contributed by atoms with van der Waals surface area (Å²) < 4.78 is 5.24. The number of imide groups is 1. The van der Waals surface area contributed by atoms with Gasteiger partial charge in [-0.3, -0.25) is 19.3 Å². The summed E-state index contributed by atoms with van der Waals surface area (Å²) in [5.41, 5.74) is 1.47. The van der Waals surface area contributed by atoms with E-state index in [1.807, 2.05) is 12.2 Å². The van der Waals surface area contributed by atoms with E-state index >= 15 is 0 Å². The van der Waals surface area contributed by atoms with Crippen LogP contribution in [0.25, 0.3) is 0 Å². The molecule has 8 nitrogen and oxygen atoms in total. The van der Waals surface area contributed by atoms with Crippen LogP contribution < -0.4 is 10.6 Å². The second-order valence-electron chi connectivity index (χ2n) is 8.90. The van der Waals surface area contributed by atoms with Crippen LogP contribution in [0.15, 0.2) is 12.2 Å². The van der Waals surface area contributed by atoms with Gasteiger partial charge in [0.15, 0.2) is 5.11 Å². The Morgan fingerprint density at radius 1 is 1.15 bits per heavy atom. The third-order valence-electron chi connectivity index (χ3n) is 6.99. The van der Waals surface area contributed by atoms with Crippen LogP contribution in [0.3, 0.4) is 0 Å². The Labute approximate surface area is 200 Å². The van der Waals surface area contributed by atoms with Crippen LogP contribution in [-0.2, 0) is 32.0 Å². The second-order valence-corrected chi connectivity index (χ2v) is 10.4. The number of thiophene rings is 1. The number of carbonyl (C=O) groups is 4. The van der Waals surface area contributed by atoms with Crippen LogP contribution in [-0.4, -0.2) is 46.9 Å². The molecule has 1 saturated carbocycles. The highest BCUT2D eigenvalue weighted by atomic mass is 32.1. The van der Waals surface area contributed by atoms with E-state index in [-0.39, 0.29) is 53.8 Å². The van der Waals surface area contributed by atoms with Crippen LogP contribution in [0, 0.1) is 23.7 Å². The molecule has 4 atom stereocenters. The largest absolute Gasteiger partial charge is 0.462 e. The van der Waals surface area contributed by atoms with Gasteiger partial charge in [0.1, 0.15) is 11.5 Å². The van der Waals surface area contributed by atoms with Gasteiger partial charge in [0.25, 0.3) is 0 Å². The number of nitrogens with one attached hydrogen (secondary N) is 2. The highest BCUT2D eigenvalue weighted by Crippen LogP contribution is 2.52. The molecule has 33 heavy (non-hydrogen) atoms. The molecule has 2 bridgehead atoms. The number of aryl methyl sites for hydroxylation is 1. The fraction of sp³-hybridized carbons (Fsp3) is 0.522. The van der Waals surface area contributed by atoms with Gasteiger partial charge in [0.2, 0.25) is 17.7 Å². The van der Waals surface area contributed by atoms with Gasteiger partial charge in [-0.25, -0.2) is 4.79 Å². The molecule has 1 saturated heterocycles. The van der Waals surface area contributed by atoms with Crippen molar-refractivity contribution in [3.8, 4) is 0 Å². The Kier molecular flexibility index (Phi) is 5.82. The maximum atomic E-state index is 12.8. The molecular weight excluding hydrogens is 462 g/mol. The summed E-state index contributed by atoms with van der Waals surface area (Å²) in [5.74, 6) is -1.98. The zero-order valence-electron chi connectivity index (χ0n) is 18.2. The van der Waals surface area contributed by atoms with E-state index < -0.39 is 11.9 Å². The van der Waals surface area contributed by atoms with Crippen LogP contribution >= 0.6 is 23.6 Å². The average Bonchev–Trinajstić information content (AvgIpc) is 3.52. The summed E-state index contributed by atoms with van der Waals surface area (Å²) in [4.78, 5) is 53.0. The first kappa shape index (κ1) is 22.2. The molecule has 4 aliphatic rings. The van der Waals surface area contributed by atoms with E-state index in [0.717, 1.165) is 47.4 Å². The van der Waals surface area contributed by atoms with Crippen LogP contribution in [0.2, 0.25) is 0 Å². The standard InChI is InChI=1S/C23H25N3O5S2/c1-2-31-22(30)18-13-5-3-4-6-14(13)33-19(18)25-23(32)24-15(27)10-26-20(28)16-11-7-8-12(9-11)17(16)21(26)29/h7-8,11-12,16-17H,2-6,9-10H2,1H3,(H2,24,25,27,32)/t11-,12+,16-,17+. The molecule has 5 rings (SSSR count). The Bertz CT molecular complexity index is 1060. The summed E-state index contributed by atoms with van der Waals surface area (Å²) in [5, 5.41) is 6.09. The predicted octanol–water partition coefficient (Wildman–Crippen LogP) is 2.42. The lowest BCUT2D eigenvalue weighted by atomic mass is 9.85. The lowest BCUT2D eigenvalue weighted by Gasteiger charge is -2.17. The molecule has 1 aliphatic heterocycles. The average molecular weight is 488 g/mol. The number of hydrogen-bond acceptors (Lipinski definition) is 7. The minimum atomic E-state index is -0.548. The number of anilines is 1. The highest BCUT2D eigenvalue weighted by molar-refractivity contribution is 7.80. The molecule has 3 amide bonds. The van der Waals surface area contributed by atoms with Gasteiger partial charge in [0.05, 0.1) is 24.0 Å². The van der Waals surface area contributed by atoms with E-state index in [9.17, 15) is 19.2 Å². The topological polar surface area (TPSA) is 105 Å². The molecule has 2 heterocycles. The number of likely N-dealkylation sites (tertiary alicyclic amines) is 1. The number of allylic oxidation sites excluding steroid dienone is 2. The minimum Gasteiger partial charge on any atom is -0.462 e. The highest BCUT2D eigenvalue weighted by Gasteiger charge is 2.59. The first-order valence-electron chi connectivity index (χ1n) is 11.3. The van der Waals surface area contributed by atoms with Crippen molar-refractivity contribution in [2.45, 2.75) is 39.0 Å². The van der Waals surface area contributed by atoms with E-state index in [1.165, 1.54) is 11.3 Å². The second kappa shape index (κ2) is 8.64. The van der Waals surface area contributed by atoms with Crippen LogP contribution in [0.4, 0.5) is 5.00 Å². The van der Waals surface area contributed by atoms with Gasteiger partial charge < -0.3 is 15.4 Å². The summed E-state index contributed by atoms with van der Waals surface area (Å²) in [6, 6.07) is 0. The van der Waals surface area contributed by atoms with Crippen molar-refractivity contribution < 1.29 is 23.9 Å². The maximum Gasteiger partial charge on any atom is 0.341 e. The van der Waals surface area contributed by atoms with Gasteiger partial charge in [-0.1, -0.05) is 12.2 Å². The van der Waals surface area contributed by atoms with Crippen molar-refractivity contribution in [1.82, 2.24) is 10.2 Å². The maximum absolute atomic E-state index is 12.8. The van der Waals surface area contributed by atoms with E-state index in [0.29, 0.717) is 10.6 Å². The number of thiocarbonyl (C=S) groups is 1. The Morgan fingerprint density at radius 3 is 2.48 bits per heavy atom. The number of ether oxygens (including phenoxy) is 1. The molecule has 0 aromatic carbocycles. The Balaban J connectivity index is 1.24. The number of carbonyl (C=O) groups excluding carboxylic acids is 4. The summed E-state index contributed by atoms with van der Waals surface area (Å²) in [6.45, 7) is 1.66. The Morgan fingerprint density at radius 2 is 1.82 bits per heavy atom. The number of nitrogens with zero attached hydrogens (tertiary/aromatic N) is 1. The number of hydrogen-bond donors (Lipinski definition) is 2. The molecule has 174 valence electrons. The molecule has 1 aromatic rings. The van der Waals surface area contributed by atoms with Crippen molar-refractivity contribution in [2.75, 3.05) is 18.5 Å². The van der Waals surface area contributed by atoms with Crippen LogP contribution in [0.5, 0.6) is 0 Å². The van der Waals surface area contributed by atoms with Gasteiger partial charge in [-0.2, -0.15) is 0 Å². The molecule has 3 aliphatic carbocycles. The van der Waals surface area contributed by atoms with Crippen molar-refractivity contribution in [2.24, 2.45) is 23.7 Å². The third kappa shape index (κ3) is 3.78. The van der Waals surface area contributed by atoms with Crippen LogP contribution in [0.1, 0.15) is 47.0 Å². The quantitative estimate of drug-likeness (QED) is 0.284. The number of rotatable bonds is 5. The molecule has 1 aromatic heterocycles. The lowest BCUT2D eigenvalue weighted by Crippen LogP contribution is -2.44. The number of amides is 3. The molecule has 0 radical (unpaired) electrons. The molecule has 2 N–H and O–H groups in total. The van der Waals surface area contributed by atoms with E-state index in [2.05, 4.69) is 10.6 Å². The first-order chi connectivity index (χ1) is 15.9. The third-order valence-corrected chi connectivity index (χ3v) is 8.41. The smallest absolute Gasteiger partial charge is 0.341 e.